The minimum absolute atomic E-state index is 0.0764. The van der Waals surface area contributed by atoms with Gasteiger partial charge in [0.2, 0.25) is 10.0 Å². The number of benzene rings is 1. The van der Waals surface area contributed by atoms with Gasteiger partial charge in [-0.3, -0.25) is 0 Å². The number of phenols is 1. The van der Waals surface area contributed by atoms with E-state index in [1.54, 1.807) is 0 Å². The molecular formula is C6H5N3O4S. The van der Waals surface area contributed by atoms with Crippen molar-refractivity contribution in [2.45, 2.75) is 4.90 Å². The Balaban J connectivity index is 2.98. The first-order valence-corrected chi connectivity index (χ1v) is 5.02. The third-order valence-electron chi connectivity index (χ3n) is 1.65. The van der Waals surface area contributed by atoms with E-state index in [2.05, 4.69) is 14.9 Å². The van der Waals surface area contributed by atoms with E-state index >= 15 is 0 Å². The van der Waals surface area contributed by atoms with Gasteiger partial charge in [0.05, 0.1) is 0 Å². The zero-order valence-corrected chi connectivity index (χ0v) is 7.52. The maximum Gasteiger partial charge on any atom is 0.244 e. The van der Waals surface area contributed by atoms with Gasteiger partial charge in [0, 0.05) is 0 Å². The average Bonchev–Trinajstić information content (AvgIpc) is 2.48. The quantitative estimate of drug-likeness (QED) is 0.666. The number of nitrogens with two attached hydrogens (primary N) is 1. The number of sulfonamides is 1. The summed E-state index contributed by atoms with van der Waals surface area (Å²) in [6.07, 6.45) is 0. The fourth-order valence-corrected chi connectivity index (χ4v) is 1.87. The van der Waals surface area contributed by atoms with Gasteiger partial charge < -0.3 is 5.11 Å². The van der Waals surface area contributed by atoms with Crippen LogP contribution in [0.25, 0.3) is 11.0 Å². The molecule has 0 radical (unpaired) electrons. The molecule has 0 atom stereocenters. The number of hydrogen-bond donors (Lipinski definition) is 2. The molecule has 14 heavy (non-hydrogen) atoms. The molecule has 74 valence electrons. The van der Waals surface area contributed by atoms with E-state index in [-0.39, 0.29) is 11.0 Å². The maximum absolute atomic E-state index is 11.1. The molecule has 1 aromatic carbocycles. The largest absolute Gasteiger partial charge is 0.506 e. The molecule has 1 heterocycles. The van der Waals surface area contributed by atoms with Gasteiger partial charge in [-0.25, -0.2) is 18.2 Å². The Kier molecular flexibility index (Phi) is 1.69. The lowest BCUT2D eigenvalue weighted by atomic mass is 10.3. The van der Waals surface area contributed by atoms with Gasteiger partial charge in [0.25, 0.3) is 0 Å². The number of fused-ring (bicyclic) bond motifs is 1. The van der Waals surface area contributed by atoms with Crippen molar-refractivity contribution in [3.63, 3.8) is 0 Å². The Bertz CT molecular complexity index is 588. The fraction of sp³-hybridized carbons (Fsp3) is 0. The zero-order chi connectivity index (χ0) is 10.3. The molecule has 0 saturated heterocycles. The van der Waals surface area contributed by atoms with Crippen molar-refractivity contribution in [2.24, 2.45) is 5.14 Å². The van der Waals surface area contributed by atoms with Crippen molar-refractivity contribution in [1.82, 2.24) is 10.3 Å². The molecule has 0 aliphatic rings. The Morgan fingerprint density at radius 3 is 2.71 bits per heavy atom. The van der Waals surface area contributed by atoms with Gasteiger partial charge in [0.1, 0.15) is 11.3 Å². The van der Waals surface area contributed by atoms with Crippen LogP contribution in [0, 0.1) is 0 Å². The van der Waals surface area contributed by atoms with E-state index < -0.39 is 20.7 Å². The van der Waals surface area contributed by atoms with E-state index in [0.29, 0.717) is 0 Å². The first kappa shape index (κ1) is 8.91. The van der Waals surface area contributed by atoms with Crippen molar-refractivity contribution in [3.05, 3.63) is 12.1 Å². The molecule has 0 amide bonds. The summed E-state index contributed by atoms with van der Waals surface area (Å²) >= 11 is 0. The van der Waals surface area contributed by atoms with Crippen LogP contribution in [0.4, 0.5) is 0 Å². The van der Waals surface area contributed by atoms with Crippen LogP contribution in [0.15, 0.2) is 21.7 Å². The maximum atomic E-state index is 11.1. The zero-order valence-electron chi connectivity index (χ0n) is 6.71. The van der Waals surface area contributed by atoms with Gasteiger partial charge >= 0.3 is 0 Å². The summed E-state index contributed by atoms with van der Waals surface area (Å²) in [5.41, 5.74) is 0.138. The first-order chi connectivity index (χ1) is 6.50. The molecule has 2 aromatic rings. The van der Waals surface area contributed by atoms with Gasteiger partial charge in [-0.2, -0.15) is 0 Å². The highest BCUT2D eigenvalue weighted by atomic mass is 32.2. The predicted molar refractivity (Wildman–Crippen MR) is 44.8 cm³/mol. The van der Waals surface area contributed by atoms with E-state index in [1.165, 1.54) is 6.07 Å². The summed E-state index contributed by atoms with van der Waals surface area (Å²) in [6.45, 7) is 0. The first-order valence-electron chi connectivity index (χ1n) is 3.47. The summed E-state index contributed by atoms with van der Waals surface area (Å²) in [5.74, 6) is -0.476. The highest BCUT2D eigenvalue weighted by Gasteiger charge is 2.21. The van der Waals surface area contributed by atoms with Crippen molar-refractivity contribution in [1.29, 1.82) is 0 Å². The molecule has 0 saturated carbocycles. The van der Waals surface area contributed by atoms with Crippen LogP contribution >= 0.6 is 0 Å². The Morgan fingerprint density at radius 1 is 1.36 bits per heavy atom. The lowest BCUT2D eigenvalue weighted by Gasteiger charge is -1.99. The predicted octanol–water partition coefficient (Wildman–Crippen LogP) is -0.424. The van der Waals surface area contributed by atoms with Crippen molar-refractivity contribution < 1.29 is 18.2 Å². The molecule has 2 rings (SSSR count). The molecule has 3 N–H and O–H groups in total. The van der Waals surface area contributed by atoms with E-state index in [4.69, 9.17) is 5.14 Å². The lowest BCUT2D eigenvalue weighted by Crippen LogP contribution is -2.12. The molecule has 0 unspecified atom stereocenters. The molecule has 0 bridgehead atoms. The van der Waals surface area contributed by atoms with Gasteiger partial charge in [0.15, 0.2) is 10.4 Å². The van der Waals surface area contributed by atoms with E-state index in [0.717, 1.165) is 6.07 Å². The summed E-state index contributed by atoms with van der Waals surface area (Å²) in [7, 11) is -4.04. The number of rotatable bonds is 1. The number of aromatic hydroxyl groups is 1. The molecule has 7 nitrogen and oxygen atoms in total. The highest BCUT2D eigenvalue weighted by Crippen LogP contribution is 2.27. The number of phenolic OH excluding ortho intramolecular Hbond substituents is 1. The highest BCUT2D eigenvalue weighted by molar-refractivity contribution is 7.89. The van der Waals surface area contributed by atoms with Crippen LogP contribution in [-0.2, 0) is 10.0 Å². The molecule has 0 aliphatic carbocycles. The van der Waals surface area contributed by atoms with Crippen molar-refractivity contribution >= 4 is 21.1 Å². The summed E-state index contributed by atoms with van der Waals surface area (Å²) in [4.78, 5) is -0.476. The van der Waals surface area contributed by atoms with Gasteiger partial charge in [-0.05, 0) is 22.4 Å². The van der Waals surface area contributed by atoms with E-state index in [1.807, 2.05) is 0 Å². The van der Waals surface area contributed by atoms with Crippen molar-refractivity contribution in [2.75, 3.05) is 0 Å². The second-order valence-corrected chi connectivity index (χ2v) is 4.09. The van der Waals surface area contributed by atoms with Crippen LogP contribution in [-0.4, -0.2) is 23.8 Å². The fourth-order valence-electron chi connectivity index (χ4n) is 1.10. The molecular weight excluding hydrogens is 210 g/mol. The van der Waals surface area contributed by atoms with Gasteiger partial charge in [-0.1, -0.05) is 0 Å². The van der Waals surface area contributed by atoms with E-state index in [9.17, 15) is 13.5 Å². The SMILES string of the molecule is NS(=O)(=O)c1c(O)ccc2nonc12. The molecule has 0 aliphatic heterocycles. The monoisotopic (exact) mass is 215 g/mol. The smallest absolute Gasteiger partial charge is 0.244 e. The van der Waals surface area contributed by atoms with Crippen LogP contribution < -0.4 is 5.14 Å². The van der Waals surface area contributed by atoms with Crippen LogP contribution in [0.1, 0.15) is 0 Å². The van der Waals surface area contributed by atoms with Crippen LogP contribution in [0.3, 0.4) is 0 Å². The third-order valence-corrected chi connectivity index (χ3v) is 2.62. The van der Waals surface area contributed by atoms with Crippen LogP contribution in [0.5, 0.6) is 5.75 Å². The second-order valence-electron chi connectivity index (χ2n) is 2.59. The molecule has 0 spiro atoms. The second kappa shape index (κ2) is 2.66. The van der Waals surface area contributed by atoms with Gasteiger partial charge in [-0.15, -0.1) is 0 Å². The summed E-state index contributed by atoms with van der Waals surface area (Å²) < 4.78 is 26.5. The minimum Gasteiger partial charge on any atom is -0.506 e. The number of aromatic nitrogens is 2. The molecule has 8 heteroatoms. The Hall–Kier alpha value is -1.67. The number of nitrogens with zero attached hydrogens (tertiary/aromatic N) is 2. The van der Waals surface area contributed by atoms with Crippen molar-refractivity contribution in [3.8, 4) is 5.75 Å². The lowest BCUT2D eigenvalue weighted by molar-refractivity contribution is 0.315. The average molecular weight is 215 g/mol. The number of hydrogen-bond acceptors (Lipinski definition) is 6. The minimum atomic E-state index is -4.04. The summed E-state index contributed by atoms with van der Waals surface area (Å²) in [5, 5.41) is 20.9. The summed E-state index contributed by atoms with van der Waals surface area (Å²) in [6, 6.07) is 2.53. The Morgan fingerprint density at radius 2 is 2.07 bits per heavy atom. The van der Waals surface area contributed by atoms with Crippen LogP contribution in [0.2, 0.25) is 0 Å². The number of primary sulfonamides is 1. The standard InChI is InChI=1S/C6H5N3O4S/c7-14(11,12)6-4(10)2-1-3-5(6)9-13-8-3/h1-2,10H,(H2,7,11,12). The normalized spacial score (nSPS) is 12.1. The topological polar surface area (TPSA) is 119 Å². The molecule has 1 aromatic heterocycles. The molecule has 0 fully saturated rings. The Labute approximate surface area is 78.1 Å². The third kappa shape index (κ3) is 1.20.